The van der Waals surface area contributed by atoms with Crippen LogP contribution in [0.25, 0.3) is 0 Å². The van der Waals surface area contributed by atoms with Gasteiger partial charge in [0, 0.05) is 50.3 Å². The molecule has 1 spiro atoms. The zero-order chi connectivity index (χ0) is 19.4. The molecule has 1 unspecified atom stereocenters. The van der Waals surface area contributed by atoms with E-state index in [1.165, 1.54) is 19.3 Å². The first-order valence-corrected chi connectivity index (χ1v) is 10.6. The second kappa shape index (κ2) is 8.52. The summed E-state index contributed by atoms with van der Waals surface area (Å²) in [6, 6.07) is 8.12. The van der Waals surface area contributed by atoms with E-state index in [0.29, 0.717) is 12.0 Å². The molecule has 3 fully saturated rings. The van der Waals surface area contributed by atoms with Crippen LogP contribution in [0.3, 0.4) is 0 Å². The maximum Gasteiger partial charge on any atom is 0.227 e. The molecule has 1 atom stereocenters. The van der Waals surface area contributed by atoms with Gasteiger partial charge in [0.15, 0.2) is 5.96 Å². The van der Waals surface area contributed by atoms with Crippen LogP contribution in [0.4, 0.5) is 5.69 Å². The number of benzene rings is 1. The van der Waals surface area contributed by atoms with Crippen LogP contribution in [0.15, 0.2) is 29.3 Å². The molecule has 28 heavy (non-hydrogen) atoms. The van der Waals surface area contributed by atoms with Crippen LogP contribution in [0.2, 0.25) is 0 Å². The maximum absolute atomic E-state index is 12.4. The molecule has 6 heteroatoms. The van der Waals surface area contributed by atoms with Gasteiger partial charge in [0.2, 0.25) is 5.91 Å². The summed E-state index contributed by atoms with van der Waals surface area (Å²) in [4.78, 5) is 19.2. The lowest BCUT2D eigenvalue weighted by molar-refractivity contribution is -0.119. The van der Waals surface area contributed by atoms with E-state index in [1.54, 1.807) is 0 Å². The molecule has 0 radical (unpaired) electrons. The highest BCUT2D eigenvalue weighted by Crippen LogP contribution is 2.38. The first-order chi connectivity index (χ1) is 13.7. The Kier molecular flexibility index (Phi) is 5.85. The summed E-state index contributed by atoms with van der Waals surface area (Å²) < 4.78 is 5.63. The fourth-order valence-electron chi connectivity index (χ4n) is 4.79. The van der Waals surface area contributed by atoms with Crippen molar-refractivity contribution in [3.63, 3.8) is 0 Å². The molecule has 2 heterocycles. The Morgan fingerprint density at radius 1 is 1.32 bits per heavy atom. The molecule has 1 aliphatic carbocycles. The van der Waals surface area contributed by atoms with Gasteiger partial charge in [-0.1, -0.05) is 25.0 Å². The molecule has 3 aliphatic rings. The summed E-state index contributed by atoms with van der Waals surface area (Å²) >= 11 is 0. The zero-order valence-electron chi connectivity index (χ0n) is 16.9. The molecule has 2 saturated heterocycles. The standard InChI is InChI=1S/C22H32N4O2/c1-23-21(26-11-9-22(15-26)10-12-28-16-22)24-14-17-5-4-8-19(13-17)25-20(27)18-6-2-3-7-18/h4-5,8,13,18H,2-3,6-7,9-12,14-16H2,1H3,(H,23,24)(H,25,27). The summed E-state index contributed by atoms with van der Waals surface area (Å²) in [7, 11) is 1.84. The van der Waals surface area contributed by atoms with Crippen molar-refractivity contribution in [3.8, 4) is 0 Å². The van der Waals surface area contributed by atoms with Crippen LogP contribution < -0.4 is 10.6 Å². The van der Waals surface area contributed by atoms with Crippen molar-refractivity contribution in [2.75, 3.05) is 38.7 Å². The van der Waals surface area contributed by atoms with Gasteiger partial charge in [0.05, 0.1) is 6.61 Å². The molecule has 1 aromatic rings. The van der Waals surface area contributed by atoms with E-state index in [2.05, 4.69) is 32.7 Å². The number of likely N-dealkylation sites (tertiary alicyclic amines) is 1. The maximum atomic E-state index is 12.4. The number of guanidine groups is 1. The molecule has 152 valence electrons. The summed E-state index contributed by atoms with van der Waals surface area (Å²) in [6.45, 7) is 4.51. The van der Waals surface area contributed by atoms with E-state index in [-0.39, 0.29) is 11.8 Å². The molecule has 1 aromatic carbocycles. The lowest BCUT2D eigenvalue weighted by atomic mass is 9.87. The Morgan fingerprint density at radius 2 is 2.18 bits per heavy atom. The third-order valence-electron chi connectivity index (χ3n) is 6.51. The number of hydrogen-bond donors (Lipinski definition) is 2. The third-order valence-corrected chi connectivity index (χ3v) is 6.51. The van der Waals surface area contributed by atoms with Gasteiger partial charge >= 0.3 is 0 Å². The smallest absolute Gasteiger partial charge is 0.227 e. The number of anilines is 1. The second-order valence-electron chi connectivity index (χ2n) is 8.55. The first-order valence-electron chi connectivity index (χ1n) is 10.6. The number of hydrogen-bond acceptors (Lipinski definition) is 3. The molecule has 2 aliphatic heterocycles. The highest BCUT2D eigenvalue weighted by Gasteiger charge is 2.42. The summed E-state index contributed by atoms with van der Waals surface area (Å²) in [5, 5.41) is 6.58. The van der Waals surface area contributed by atoms with E-state index >= 15 is 0 Å². The number of carbonyl (C=O) groups is 1. The average Bonchev–Trinajstić information content (AvgIpc) is 3.46. The van der Waals surface area contributed by atoms with Gasteiger partial charge in [-0.2, -0.15) is 0 Å². The van der Waals surface area contributed by atoms with Crippen molar-refractivity contribution in [1.82, 2.24) is 10.2 Å². The number of aliphatic imine (C=N–C) groups is 1. The Balaban J connectivity index is 1.32. The van der Waals surface area contributed by atoms with Crippen LogP contribution in [0.5, 0.6) is 0 Å². The number of ether oxygens (including phenoxy) is 1. The molecule has 6 nitrogen and oxygen atoms in total. The monoisotopic (exact) mass is 384 g/mol. The second-order valence-corrected chi connectivity index (χ2v) is 8.55. The predicted octanol–water partition coefficient (Wildman–Crippen LogP) is 3.00. The molecular weight excluding hydrogens is 352 g/mol. The van der Waals surface area contributed by atoms with E-state index < -0.39 is 0 Å². The van der Waals surface area contributed by atoms with E-state index in [1.807, 2.05) is 19.2 Å². The van der Waals surface area contributed by atoms with Crippen molar-refractivity contribution in [2.45, 2.75) is 45.1 Å². The first kappa shape index (κ1) is 19.2. The van der Waals surface area contributed by atoms with Gasteiger partial charge in [0.25, 0.3) is 0 Å². The fraction of sp³-hybridized carbons (Fsp3) is 0.636. The third kappa shape index (κ3) is 4.32. The number of nitrogens with zero attached hydrogens (tertiary/aromatic N) is 2. The SMILES string of the molecule is CN=C(NCc1cccc(NC(=O)C2CCCC2)c1)N1CCC2(CCOC2)C1. The highest BCUT2D eigenvalue weighted by atomic mass is 16.5. The van der Waals surface area contributed by atoms with Crippen LogP contribution in [0, 0.1) is 11.3 Å². The zero-order valence-corrected chi connectivity index (χ0v) is 16.9. The van der Waals surface area contributed by atoms with Crippen molar-refractivity contribution >= 4 is 17.6 Å². The van der Waals surface area contributed by atoms with Gasteiger partial charge in [-0.15, -0.1) is 0 Å². The van der Waals surface area contributed by atoms with Crippen LogP contribution in [-0.2, 0) is 16.1 Å². The number of nitrogens with one attached hydrogen (secondary N) is 2. The number of carbonyl (C=O) groups excluding carboxylic acids is 1. The average molecular weight is 385 g/mol. The number of amides is 1. The Hall–Kier alpha value is -2.08. The minimum absolute atomic E-state index is 0.166. The Bertz CT molecular complexity index is 721. The molecule has 1 saturated carbocycles. The quantitative estimate of drug-likeness (QED) is 0.619. The normalized spacial score (nSPS) is 25.6. The van der Waals surface area contributed by atoms with E-state index in [4.69, 9.17) is 4.74 Å². The minimum Gasteiger partial charge on any atom is -0.381 e. The summed E-state index contributed by atoms with van der Waals surface area (Å²) in [6.07, 6.45) is 6.72. The minimum atomic E-state index is 0.166. The Morgan fingerprint density at radius 3 is 2.93 bits per heavy atom. The van der Waals surface area contributed by atoms with Gasteiger partial charge in [0.1, 0.15) is 0 Å². The lowest BCUT2D eigenvalue weighted by Gasteiger charge is -2.25. The fourth-order valence-corrected chi connectivity index (χ4v) is 4.79. The van der Waals surface area contributed by atoms with Crippen molar-refractivity contribution in [3.05, 3.63) is 29.8 Å². The highest BCUT2D eigenvalue weighted by molar-refractivity contribution is 5.92. The molecule has 0 aromatic heterocycles. The van der Waals surface area contributed by atoms with E-state index in [9.17, 15) is 4.79 Å². The van der Waals surface area contributed by atoms with Crippen molar-refractivity contribution < 1.29 is 9.53 Å². The molecular formula is C22H32N4O2. The van der Waals surface area contributed by atoms with Crippen LogP contribution in [0.1, 0.15) is 44.1 Å². The van der Waals surface area contributed by atoms with E-state index in [0.717, 1.165) is 62.8 Å². The predicted molar refractivity (Wildman–Crippen MR) is 111 cm³/mol. The van der Waals surface area contributed by atoms with Crippen LogP contribution >= 0.6 is 0 Å². The molecule has 1 amide bonds. The molecule has 0 bridgehead atoms. The van der Waals surface area contributed by atoms with Gasteiger partial charge in [-0.3, -0.25) is 9.79 Å². The van der Waals surface area contributed by atoms with Gasteiger partial charge in [-0.05, 0) is 43.4 Å². The van der Waals surface area contributed by atoms with Gasteiger partial charge in [-0.25, -0.2) is 0 Å². The summed E-state index contributed by atoms with van der Waals surface area (Å²) in [5.74, 6) is 1.30. The topological polar surface area (TPSA) is 66.0 Å². The summed E-state index contributed by atoms with van der Waals surface area (Å²) in [5.41, 5.74) is 2.35. The molecule has 4 rings (SSSR count). The lowest BCUT2D eigenvalue weighted by Crippen LogP contribution is -2.41. The van der Waals surface area contributed by atoms with Gasteiger partial charge < -0.3 is 20.3 Å². The van der Waals surface area contributed by atoms with Crippen LogP contribution in [-0.4, -0.2) is 50.1 Å². The van der Waals surface area contributed by atoms with Crippen molar-refractivity contribution in [2.24, 2.45) is 16.3 Å². The molecule has 2 N–H and O–H groups in total. The Labute approximate surface area is 167 Å². The number of rotatable bonds is 4. The van der Waals surface area contributed by atoms with Crippen molar-refractivity contribution in [1.29, 1.82) is 0 Å². The largest absolute Gasteiger partial charge is 0.381 e.